The van der Waals surface area contributed by atoms with Crippen LogP contribution in [-0.4, -0.2) is 204 Å². The van der Waals surface area contributed by atoms with Gasteiger partial charge in [-0.2, -0.15) is 0 Å². The number of likely N-dealkylation sites (N-methyl/N-ethyl adjacent to an activating group) is 2. The molecule has 29 nitrogen and oxygen atoms in total. The summed E-state index contributed by atoms with van der Waals surface area (Å²) >= 11 is 0. The number of nitrogens with zero attached hydrogens (tertiary/aromatic N) is 8. The molecule has 2 aromatic heterocycles. The summed E-state index contributed by atoms with van der Waals surface area (Å²) in [6.45, 7) is 12.7. The molecule has 29 heteroatoms. The number of nitrogens with one attached hydrogen (secondary N) is 7. The van der Waals surface area contributed by atoms with Crippen LogP contribution < -0.4 is 37.2 Å². The van der Waals surface area contributed by atoms with Gasteiger partial charge >= 0.3 is 11.9 Å². The van der Waals surface area contributed by atoms with E-state index >= 15 is 19.2 Å². The molecule has 100 heavy (non-hydrogen) atoms. The van der Waals surface area contributed by atoms with E-state index in [1.807, 2.05) is 84.9 Å². The van der Waals surface area contributed by atoms with Gasteiger partial charge < -0.3 is 66.7 Å². The van der Waals surface area contributed by atoms with Crippen LogP contribution in [0.2, 0.25) is 0 Å². The van der Waals surface area contributed by atoms with E-state index in [1.165, 1.54) is 22.2 Å². The van der Waals surface area contributed by atoms with Gasteiger partial charge in [0, 0.05) is 44.9 Å². The lowest BCUT2D eigenvalue weighted by Crippen LogP contribution is -2.62. The molecule has 0 spiro atoms. The number of carboxylic acids is 2. The summed E-state index contributed by atoms with van der Waals surface area (Å²) in [5.41, 5.74) is -0.132. The minimum Gasteiger partial charge on any atom is -0.480 e. The lowest BCUT2D eigenvalue weighted by Gasteiger charge is -2.36. The van der Waals surface area contributed by atoms with Crippen LogP contribution in [0.15, 0.2) is 97.3 Å². The van der Waals surface area contributed by atoms with E-state index in [0.717, 1.165) is 30.9 Å². The molecule has 9 rings (SSSR count). The lowest BCUT2D eigenvalue weighted by molar-refractivity contribution is -0.147. The topological polar surface area (TPSA) is 382 Å². The molecule has 0 unspecified atom stereocenters. The van der Waals surface area contributed by atoms with E-state index in [1.54, 1.807) is 69.5 Å². The smallest absolute Gasteiger partial charge is 0.328 e. The Morgan fingerprint density at radius 1 is 0.570 bits per heavy atom. The Kier molecular flexibility index (Phi) is 24.3. The Morgan fingerprint density at radius 3 is 1.45 bits per heavy atom. The standard InChI is InChI=1S/C71H93N15O14/c1-40(72-9)61(88)77-59(70(3,4)5)66(93)83-29-25-55-57(83)54(87)35-48(33-42-19-21-44-15-11-13-17-46(44)31-42)63(90)74-27-23-52(68(95)96)85-37-50(80-82-85)39-100-56-26-30-84(67(94)60(71(6,7)8)78-62(89)41(2)73-10)58(56)65(92)76-51(34-43-20-22-45-16-12-14-18-47(45)32-43)64(91)75-28-24-53(69(97)98)86-36-49(38-99-55)79-81-86/h11-22,31-32,36-37,40-41,48,51-53,55-60,72-73H,23-30,33-35,38-39H2,1-10H3,(H,74,90)(H,75,91)(H,76,92)(H,77,88)(H,78,89)(H,95,96)(H,97,98)/t40-,41-,48+,51-,52-,53-,55+,56+,57+,58-,59+,60+/m0/s1. The molecule has 12 atom stereocenters. The molecule has 9 N–H and O–H groups in total. The Hall–Kier alpha value is -9.58. The first-order valence-corrected chi connectivity index (χ1v) is 33.9. The molecule has 5 heterocycles. The van der Waals surface area contributed by atoms with Gasteiger partial charge in [0.15, 0.2) is 17.9 Å². The number of Topliss-reactive ketones (excluding diaryl/α,β-unsaturated/α-hetero) is 1. The zero-order valence-corrected chi connectivity index (χ0v) is 58.2. The summed E-state index contributed by atoms with van der Waals surface area (Å²) in [4.78, 5) is 146. The molecular weight excluding hydrogens is 1290 g/mol. The van der Waals surface area contributed by atoms with Gasteiger partial charge in [-0.25, -0.2) is 19.0 Å². The number of rotatable bonds is 14. The number of carbonyl (C=O) groups is 10. The summed E-state index contributed by atoms with van der Waals surface area (Å²) in [5, 5.41) is 61.9. The molecule has 4 aromatic carbocycles. The van der Waals surface area contributed by atoms with Gasteiger partial charge in [-0.3, -0.25) is 38.4 Å². The monoisotopic (exact) mass is 1380 g/mol. The van der Waals surface area contributed by atoms with Crippen LogP contribution >= 0.6 is 0 Å². The maximum Gasteiger partial charge on any atom is 0.328 e. The van der Waals surface area contributed by atoms with Crippen molar-refractivity contribution in [1.29, 1.82) is 0 Å². The molecule has 3 aliphatic heterocycles. The van der Waals surface area contributed by atoms with E-state index in [9.17, 15) is 39.0 Å². The van der Waals surface area contributed by atoms with Crippen LogP contribution in [0, 0.1) is 16.7 Å². The van der Waals surface area contributed by atoms with Crippen molar-refractivity contribution in [3.05, 3.63) is 120 Å². The van der Waals surface area contributed by atoms with Crippen LogP contribution in [0.4, 0.5) is 0 Å². The number of hydrogen-bond acceptors (Lipinski definition) is 18. The van der Waals surface area contributed by atoms with Gasteiger partial charge in [-0.1, -0.05) is 137 Å². The first-order valence-electron chi connectivity index (χ1n) is 33.9. The Morgan fingerprint density at radius 2 is 1.00 bits per heavy atom. The molecule has 536 valence electrons. The predicted molar refractivity (Wildman–Crippen MR) is 366 cm³/mol. The van der Waals surface area contributed by atoms with Crippen molar-refractivity contribution >= 4 is 80.6 Å². The Labute approximate surface area is 579 Å². The third kappa shape index (κ3) is 18.3. The molecule has 6 aromatic rings. The first kappa shape index (κ1) is 74.6. The molecule has 0 aliphatic carbocycles. The number of ketones is 1. The maximum absolute atomic E-state index is 15.4. The van der Waals surface area contributed by atoms with Gasteiger partial charge in [0.2, 0.25) is 41.4 Å². The second-order valence-electron chi connectivity index (χ2n) is 28.3. The van der Waals surface area contributed by atoms with Crippen molar-refractivity contribution in [2.24, 2.45) is 16.7 Å². The average molecular weight is 1380 g/mol. The fourth-order valence-corrected chi connectivity index (χ4v) is 12.9. The summed E-state index contributed by atoms with van der Waals surface area (Å²) in [7, 11) is 3.21. The van der Waals surface area contributed by atoms with E-state index in [0.29, 0.717) is 11.1 Å². The van der Waals surface area contributed by atoms with Crippen LogP contribution in [0.3, 0.4) is 0 Å². The molecule has 0 saturated carbocycles. The van der Waals surface area contributed by atoms with Crippen LogP contribution in [0.5, 0.6) is 0 Å². The number of carboxylic acid groups (broad SMARTS) is 2. The number of likely N-dealkylation sites (tertiary alicyclic amines) is 2. The molecule has 2 saturated heterocycles. The quantitative estimate of drug-likeness (QED) is 0.0757. The number of aromatic nitrogens is 6. The third-order valence-corrected chi connectivity index (χ3v) is 19.0. The van der Waals surface area contributed by atoms with Gasteiger partial charge in [-0.15, -0.1) is 10.2 Å². The van der Waals surface area contributed by atoms with Gasteiger partial charge in [0.1, 0.15) is 41.6 Å². The zero-order chi connectivity index (χ0) is 72.3. The van der Waals surface area contributed by atoms with E-state index in [-0.39, 0.29) is 89.3 Å². The fourth-order valence-electron chi connectivity index (χ4n) is 12.9. The van der Waals surface area contributed by atoms with Crippen molar-refractivity contribution < 1.29 is 67.6 Å². The van der Waals surface area contributed by atoms with Crippen molar-refractivity contribution in [2.75, 3.05) is 40.3 Å². The number of hydrogen-bond donors (Lipinski definition) is 9. The number of benzene rings is 4. The normalized spacial score (nSPS) is 23.2. The van der Waals surface area contributed by atoms with Gasteiger partial charge in [0.25, 0.3) is 0 Å². The second-order valence-corrected chi connectivity index (χ2v) is 28.3. The third-order valence-electron chi connectivity index (χ3n) is 19.0. The highest BCUT2D eigenvalue weighted by Gasteiger charge is 2.50. The first-order chi connectivity index (χ1) is 47.5. The van der Waals surface area contributed by atoms with E-state index in [4.69, 9.17) is 9.47 Å². The van der Waals surface area contributed by atoms with Gasteiger partial charge in [-0.05, 0) is 104 Å². The SMILES string of the molecule is CN[C@@H](C)C(=O)N[C@H](C(=O)N1CC[C@H]2OCc3cn(nn3)[C@H](C(=O)O)CCNC(=O)[C@H](Cc3ccc4ccccc4c3)NC(=O)[C@@H]3[C@@H](CCN3C(=O)[C@@H](NC(=O)[C@H](C)NC)C(C)(C)C)OCc3cn(nn3)[C@H](C(=O)O)CCNC(=O)[C@H](Cc3ccc4ccccc4c3)CC(=O)[C@H]21)C(C)(C)C. The van der Waals surface area contributed by atoms with E-state index in [2.05, 4.69) is 57.8 Å². The molecule has 7 amide bonds. The number of amides is 7. The highest BCUT2D eigenvalue weighted by Crippen LogP contribution is 2.33. The lowest BCUT2D eigenvalue weighted by atomic mass is 9.85. The highest BCUT2D eigenvalue weighted by molar-refractivity contribution is 5.98. The minimum atomic E-state index is -1.43. The molecular formula is C71H93N15O14. The number of carbonyl (C=O) groups excluding carboxylic acids is 8. The van der Waals surface area contributed by atoms with E-state index < -0.39 is 149 Å². The number of fused-ring (bicyclic) bond motifs is 8. The average Bonchev–Trinajstić information content (AvgIpc) is 1.55. The van der Waals surface area contributed by atoms with Gasteiger partial charge in [0.05, 0.1) is 49.9 Å². The summed E-state index contributed by atoms with van der Waals surface area (Å²) in [5.74, 6) is -8.47. The van der Waals surface area contributed by atoms with Crippen LogP contribution in [0.1, 0.15) is 122 Å². The summed E-state index contributed by atoms with van der Waals surface area (Å²) < 4.78 is 15.2. The second kappa shape index (κ2) is 32.6. The van der Waals surface area contributed by atoms with Crippen molar-refractivity contribution in [2.45, 2.75) is 180 Å². The highest BCUT2D eigenvalue weighted by atomic mass is 16.5. The Bertz CT molecular complexity index is 3720. The molecule has 0 radical (unpaired) electrons. The summed E-state index contributed by atoms with van der Waals surface area (Å²) in [6, 6.07) is 15.9. The maximum atomic E-state index is 15.4. The van der Waals surface area contributed by atoms with Crippen LogP contribution in [-0.2, 0) is 83.5 Å². The largest absolute Gasteiger partial charge is 0.480 e. The predicted octanol–water partition coefficient (Wildman–Crippen LogP) is 2.95. The molecule has 4 bridgehead atoms. The minimum absolute atomic E-state index is 0.000601. The summed E-state index contributed by atoms with van der Waals surface area (Å²) in [6.07, 6.45) is -0.117. The number of aliphatic carboxylic acids is 2. The zero-order valence-electron chi connectivity index (χ0n) is 58.2. The molecule has 3 aliphatic rings. The van der Waals surface area contributed by atoms with Crippen LogP contribution in [0.25, 0.3) is 21.5 Å². The molecule has 2 fully saturated rings. The Balaban J connectivity index is 1.07. The fraction of sp³-hybridized carbons (Fsp3) is 0.521. The van der Waals surface area contributed by atoms with Crippen molar-refractivity contribution in [3.63, 3.8) is 0 Å². The van der Waals surface area contributed by atoms with Crippen molar-refractivity contribution in [1.82, 2.24) is 77.0 Å². The van der Waals surface area contributed by atoms with Crippen molar-refractivity contribution in [3.8, 4) is 0 Å². The number of ether oxygens (including phenoxy) is 2.